The lowest BCUT2D eigenvalue weighted by molar-refractivity contribution is -0.143. The Balaban J connectivity index is 1.87. The summed E-state index contributed by atoms with van der Waals surface area (Å²) in [5, 5.41) is 8.76. The van der Waals surface area contributed by atoms with E-state index in [-0.39, 0.29) is 18.2 Å². The number of fused-ring (bicyclic) bond motifs is 2. The molecule has 1 spiro atoms. The Morgan fingerprint density at radius 1 is 1.29 bits per heavy atom. The molecule has 0 bridgehead atoms. The molecule has 6 heteroatoms. The van der Waals surface area contributed by atoms with E-state index in [0.717, 1.165) is 16.8 Å². The van der Waals surface area contributed by atoms with Crippen molar-refractivity contribution in [2.45, 2.75) is 25.3 Å². The van der Waals surface area contributed by atoms with Gasteiger partial charge in [0.15, 0.2) is 5.54 Å². The highest BCUT2D eigenvalue weighted by Crippen LogP contribution is 2.47. The van der Waals surface area contributed by atoms with E-state index in [0.29, 0.717) is 12.1 Å². The molecule has 120 valence electrons. The number of anilines is 1. The van der Waals surface area contributed by atoms with Crippen molar-refractivity contribution in [1.29, 1.82) is 0 Å². The average molecular weight is 320 g/mol. The van der Waals surface area contributed by atoms with Crippen LogP contribution in [0, 0.1) is 0 Å². The second kappa shape index (κ2) is 5.26. The van der Waals surface area contributed by atoms with Gasteiger partial charge in [-0.05, 0) is 12.1 Å². The van der Waals surface area contributed by atoms with Crippen LogP contribution in [0.3, 0.4) is 0 Å². The number of aromatic nitrogens is 1. The van der Waals surface area contributed by atoms with Crippen molar-refractivity contribution < 1.29 is 9.59 Å². The molecule has 2 amide bonds. The number of para-hydroxylation sites is 1. The van der Waals surface area contributed by atoms with E-state index >= 15 is 0 Å². The number of hydrogen-bond donors (Lipinski definition) is 1. The van der Waals surface area contributed by atoms with Gasteiger partial charge in [0, 0.05) is 42.0 Å². The number of hydrogen-bond acceptors (Lipinski definition) is 4. The number of amides is 2. The smallest absolute Gasteiger partial charge is 0.257 e. The van der Waals surface area contributed by atoms with Crippen molar-refractivity contribution in [1.82, 2.24) is 9.99 Å². The molecule has 6 nitrogen and oxygen atoms in total. The first-order valence-electron chi connectivity index (χ1n) is 7.88. The van der Waals surface area contributed by atoms with Gasteiger partial charge in [0.1, 0.15) is 0 Å². The summed E-state index contributed by atoms with van der Waals surface area (Å²) in [7, 11) is 0. The van der Waals surface area contributed by atoms with Crippen LogP contribution in [0.1, 0.15) is 30.9 Å². The van der Waals surface area contributed by atoms with Crippen LogP contribution in [-0.4, -0.2) is 27.5 Å². The third-order valence-corrected chi connectivity index (χ3v) is 4.54. The fourth-order valence-corrected chi connectivity index (χ4v) is 3.36. The fraction of sp³-hybridized carbons (Fsp3) is 0.222. The van der Waals surface area contributed by atoms with Crippen LogP contribution < -0.4 is 5.32 Å². The Hall–Kier alpha value is -3.02. The molecule has 3 heterocycles. The van der Waals surface area contributed by atoms with Crippen LogP contribution in [0.5, 0.6) is 0 Å². The fourth-order valence-electron chi connectivity index (χ4n) is 3.36. The molecule has 1 N–H and O–H groups in total. The Labute approximate surface area is 139 Å². The molecule has 0 aliphatic carbocycles. The standard InChI is InChI=1S/C18H16N4O2/c1-2-16(23)22-18(10-15(21-22)12-6-5-9-19-11-12)13-7-3-4-8-14(13)20-17(18)24/h3-9,11H,2,10H2,1H3,(H,20,24)/t18-/m1/s1. The highest BCUT2D eigenvalue weighted by molar-refractivity contribution is 6.14. The van der Waals surface area contributed by atoms with E-state index in [9.17, 15) is 9.59 Å². The van der Waals surface area contributed by atoms with Crippen molar-refractivity contribution in [2.75, 3.05) is 5.32 Å². The number of carbonyl (C=O) groups is 2. The molecule has 0 radical (unpaired) electrons. The molecule has 0 unspecified atom stereocenters. The zero-order chi connectivity index (χ0) is 16.7. The molecule has 2 aliphatic heterocycles. The highest BCUT2D eigenvalue weighted by atomic mass is 16.2. The van der Waals surface area contributed by atoms with Gasteiger partial charge in [-0.2, -0.15) is 5.10 Å². The van der Waals surface area contributed by atoms with E-state index < -0.39 is 5.54 Å². The number of pyridine rings is 1. The maximum Gasteiger partial charge on any atom is 0.257 e. The SMILES string of the molecule is CCC(=O)N1N=C(c2cccnc2)C[C@@]12C(=O)Nc1ccccc12. The number of nitrogens with one attached hydrogen (secondary N) is 1. The van der Waals surface area contributed by atoms with Crippen molar-refractivity contribution >= 4 is 23.2 Å². The molecule has 2 aliphatic rings. The second-order valence-corrected chi connectivity index (χ2v) is 5.88. The highest BCUT2D eigenvalue weighted by Gasteiger charge is 2.57. The molecule has 1 aromatic carbocycles. The number of nitrogens with zero attached hydrogens (tertiary/aromatic N) is 3. The Morgan fingerprint density at radius 3 is 2.88 bits per heavy atom. The Bertz CT molecular complexity index is 862. The quantitative estimate of drug-likeness (QED) is 0.922. The summed E-state index contributed by atoms with van der Waals surface area (Å²) in [6, 6.07) is 11.2. The number of rotatable bonds is 2. The van der Waals surface area contributed by atoms with Gasteiger partial charge >= 0.3 is 0 Å². The van der Waals surface area contributed by atoms with E-state index in [1.54, 1.807) is 19.3 Å². The molecule has 1 atom stereocenters. The lowest BCUT2D eigenvalue weighted by Crippen LogP contribution is -2.48. The molecule has 24 heavy (non-hydrogen) atoms. The molecule has 2 aromatic rings. The molecule has 0 fully saturated rings. The number of benzene rings is 1. The number of carbonyl (C=O) groups excluding carboxylic acids is 2. The van der Waals surface area contributed by atoms with E-state index in [2.05, 4.69) is 15.4 Å². The van der Waals surface area contributed by atoms with Crippen LogP contribution in [0.25, 0.3) is 0 Å². The zero-order valence-electron chi connectivity index (χ0n) is 13.2. The average Bonchev–Trinajstić information content (AvgIpc) is 3.16. The van der Waals surface area contributed by atoms with E-state index in [1.807, 2.05) is 36.4 Å². The van der Waals surface area contributed by atoms with Crippen LogP contribution in [0.2, 0.25) is 0 Å². The van der Waals surface area contributed by atoms with Gasteiger partial charge in [0.2, 0.25) is 5.91 Å². The van der Waals surface area contributed by atoms with E-state index in [1.165, 1.54) is 5.01 Å². The monoisotopic (exact) mass is 320 g/mol. The normalized spacial score (nSPS) is 21.6. The van der Waals surface area contributed by atoms with Gasteiger partial charge in [0.05, 0.1) is 5.71 Å². The first kappa shape index (κ1) is 14.6. The summed E-state index contributed by atoms with van der Waals surface area (Å²) in [6.45, 7) is 1.77. The lowest BCUT2D eigenvalue weighted by atomic mass is 9.85. The summed E-state index contributed by atoms with van der Waals surface area (Å²) in [4.78, 5) is 29.5. The lowest BCUT2D eigenvalue weighted by Gasteiger charge is -2.30. The van der Waals surface area contributed by atoms with Crippen molar-refractivity contribution in [3.8, 4) is 0 Å². The van der Waals surface area contributed by atoms with Gasteiger partial charge in [-0.1, -0.05) is 31.2 Å². The predicted molar refractivity (Wildman–Crippen MR) is 89.3 cm³/mol. The van der Waals surface area contributed by atoms with Crippen LogP contribution in [-0.2, 0) is 15.1 Å². The second-order valence-electron chi connectivity index (χ2n) is 5.88. The first-order chi connectivity index (χ1) is 11.7. The summed E-state index contributed by atoms with van der Waals surface area (Å²) >= 11 is 0. The third-order valence-electron chi connectivity index (χ3n) is 4.54. The first-order valence-corrected chi connectivity index (χ1v) is 7.88. The molecule has 1 aromatic heterocycles. The molecular weight excluding hydrogens is 304 g/mol. The summed E-state index contributed by atoms with van der Waals surface area (Å²) < 4.78 is 0. The maximum atomic E-state index is 12.9. The van der Waals surface area contributed by atoms with Crippen molar-refractivity contribution in [3.63, 3.8) is 0 Å². The van der Waals surface area contributed by atoms with Gasteiger partial charge < -0.3 is 5.32 Å². The minimum Gasteiger partial charge on any atom is -0.323 e. The van der Waals surface area contributed by atoms with Gasteiger partial charge in [-0.3, -0.25) is 14.6 Å². The topological polar surface area (TPSA) is 74.7 Å². The molecule has 0 saturated heterocycles. The van der Waals surface area contributed by atoms with Crippen molar-refractivity contribution in [2.24, 2.45) is 5.10 Å². The Kier molecular flexibility index (Phi) is 3.19. The largest absolute Gasteiger partial charge is 0.323 e. The van der Waals surface area contributed by atoms with Crippen LogP contribution in [0.15, 0.2) is 53.9 Å². The minimum absolute atomic E-state index is 0.180. The molecular formula is C18H16N4O2. The van der Waals surface area contributed by atoms with E-state index in [4.69, 9.17) is 0 Å². The maximum absolute atomic E-state index is 12.9. The van der Waals surface area contributed by atoms with Gasteiger partial charge in [-0.25, -0.2) is 5.01 Å². The van der Waals surface area contributed by atoms with Crippen molar-refractivity contribution in [3.05, 3.63) is 59.9 Å². The van der Waals surface area contributed by atoms with Gasteiger partial charge in [0.25, 0.3) is 5.91 Å². The number of hydrazone groups is 1. The zero-order valence-corrected chi connectivity index (χ0v) is 13.2. The van der Waals surface area contributed by atoms with Crippen LogP contribution in [0.4, 0.5) is 5.69 Å². The van der Waals surface area contributed by atoms with Crippen LogP contribution >= 0.6 is 0 Å². The summed E-state index contributed by atoms with van der Waals surface area (Å²) in [6.07, 6.45) is 4.00. The minimum atomic E-state index is -1.10. The third kappa shape index (κ3) is 1.89. The summed E-state index contributed by atoms with van der Waals surface area (Å²) in [5.74, 6) is -0.395. The molecule has 0 saturated carbocycles. The summed E-state index contributed by atoms with van der Waals surface area (Å²) in [5.41, 5.74) is 1.94. The predicted octanol–water partition coefficient (Wildman–Crippen LogP) is 2.28. The Morgan fingerprint density at radius 2 is 2.12 bits per heavy atom. The van der Waals surface area contributed by atoms with Gasteiger partial charge in [-0.15, -0.1) is 0 Å². The molecule has 4 rings (SSSR count).